The van der Waals surface area contributed by atoms with Crippen LogP contribution in [0.25, 0.3) is 0 Å². The molecule has 1 aromatic carbocycles. The summed E-state index contributed by atoms with van der Waals surface area (Å²) in [6, 6.07) is 6.81. The van der Waals surface area contributed by atoms with Crippen LogP contribution < -0.4 is 10.6 Å². The summed E-state index contributed by atoms with van der Waals surface area (Å²) in [5.74, 6) is 0.515. The third kappa shape index (κ3) is 5.01. The molecule has 2 aliphatic rings. The van der Waals surface area contributed by atoms with E-state index in [0.717, 1.165) is 37.4 Å². The number of aliphatic hydroxyl groups is 1. The largest absolute Gasteiger partial charge is 0.396 e. The Morgan fingerprint density at radius 3 is 2.36 bits per heavy atom. The van der Waals surface area contributed by atoms with Crippen LogP contribution in [-0.2, 0) is 14.9 Å². The SMILES string of the molecule is CN=C(NCC1(CCO)CCOC1)NCC1(c2ccc(F)cc2)CCOCC1. The Labute approximate surface area is 166 Å². The average Bonchev–Trinajstić information content (AvgIpc) is 3.18. The summed E-state index contributed by atoms with van der Waals surface area (Å²) in [4.78, 5) is 4.36. The molecule has 6 nitrogen and oxygen atoms in total. The van der Waals surface area contributed by atoms with Crippen molar-refractivity contribution < 1.29 is 19.0 Å². The summed E-state index contributed by atoms with van der Waals surface area (Å²) >= 11 is 0. The van der Waals surface area contributed by atoms with Crippen LogP contribution >= 0.6 is 0 Å². The number of guanidine groups is 1. The van der Waals surface area contributed by atoms with E-state index in [4.69, 9.17) is 9.47 Å². The highest BCUT2D eigenvalue weighted by molar-refractivity contribution is 5.79. The minimum atomic E-state index is -0.218. The number of hydrogen-bond acceptors (Lipinski definition) is 4. The van der Waals surface area contributed by atoms with Crippen molar-refractivity contribution in [3.8, 4) is 0 Å². The topological polar surface area (TPSA) is 75.1 Å². The molecule has 156 valence electrons. The van der Waals surface area contributed by atoms with E-state index in [1.54, 1.807) is 7.05 Å². The number of ether oxygens (including phenoxy) is 2. The molecule has 1 aromatic rings. The van der Waals surface area contributed by atoms with Gasteiger partial charge in [-0.25, -0.2) is 4.39 Å². The predicted octanol–water partition coefficient (Wildman–Crippen LogP) is 1.83. The molecule has 0 aromatic heterocycles. The van der Waals surface area contributed by atoms with Crippen LogP contribution in [0.5, 0.6) is 0 Å². The van der Waals surface area contributed by atoms with Gasteiger partial charge in [0.1, 0.15) is 5.82 Å². The van der Waals surface area contributed by atoms with Crippen LogP contribution in [0.2, 0.25) is 0 Å². The smallest absolute Gasteiger partial charge is 0.191 e. The van der Waals surface area contributed by atoms with Gasteiger partial charge in [0.25, 0.3) is 0 Å². The number of hydrogen-bond donors (Lipinski definition) is 3. The molecule has 2 saturated heterocycles. The van der Waals surface area contributed by atoms with E-state index in [1.807, 2.05) is 12.1 Å². The Morgan fingerprint density at radius 1 is 1.07 bits per heavy atom. The summed E-state index contributed by atoms with van der Waals surface area (Å²) in [7, 11) is 1.76. The van der Waals surface area contributed by atoms with Crippen molar-refractivity contribution in [1.82, 2.24) is 10.6 Å². The lowest BCUT2D eigenvalue weighted by molar-refractivity contribution is 0.0513. The number of halogens is 1. The summed E-state index contributed by atoms with van der Waals surface area (Å²) in [5, 5.41) is 16.3. The van der Waals surface area contributed by atoms with E-state index in [9.17, 15) is 9.50 Å². The van der Waals surface area contributed by atoms with Crippen LogP contribution in [0, 0.1) is 11.2 Å². The summed E-state index contributed by atoms with van der Waals surface area (Å²) in [6.07, 6.45) is 3.41. The molecule has 2 fully saturated rings. The molecule has 0 aliphatic carbocycles. The Balaban J connectivity index is 1.63. The summed E-state index contributed by atoms with van der Waals surface area (Å²) < 4.78 is 24.5. The fourth-order valence-corrected chi connectivity index (χ4v) is 4.19. The van der Waals surface area contributed by atoms with Gasteiger partial charge in [0, 0.05) is 57.4 Å². The Hall–Kier alpha value is -1.70. The van der Waals surface area contributed by atoms with E-state index in [-0.39, 0.29) is 23.3 Å². The van der Waals surface area contributed by atoms with Gasteiger partial charge in [0.2, 0.25) is 0 Å². The van der Waals surface area contributed by atoms with Gasteiger partial charge in [-0.2, -0.15) is 0 Å². The monoisotopic (exact) mass is 393 g/mol. The normalized spacial score (nSPS) is 24.9. The van der Waals surface area contributed by atoms with Gasteiger partial charge < -0.3 is 25.2 Å². The maximum Gasteiger partial charge on any atom is 0.191 e. The first-order chi connectivity index (χ1) is 13.6. The van der Waals surface area contributed by atoms with Gasteiger partial charge in [-0.1, -0.05) is 12.1 Å². The predicted molar refractivity (Wildman–Crippen MR) is 107 cm³/mol. The zero-order chi connectivity index (χ0) is 19.9. The maximum atomic E-state index is 13.4. The van der Waals surface area contributed by atoms with Gasteiger partial charge in [0.15, 0.2) is 5.96 Å². The lowest BCUT2D eigenvalue weighted by atomic mass is 9.74. The molecule has 0 radical (unpaired) electrons. The van der Waals surface area contributed by atoms with E-state index >= 15 is 0 Å². The zero-order valence-corrected chi connectivity index (χ0v) is 16.7. The van der Waals surface area contributed by atoms with Gasteiger partial charge in [-0.3, -0.25) is 4.99 Å². The van der Waals surface area contributed by atoms with Crippen LogP contribution in [0.15, 0.2) is 29.3 Å². The van der Waals surface area contributed by atoms with Gasteiger partial charge in [-0.15, -0.1) is 0 Å². The van der Waals surface area contributed by atoms with E-state index in [2.05, 4.69) is 15.6 Å². The summed E-state index contributed by atoms with van der Waals surface area (Å²) in [6.45, 7) is 4.36. The fourth-order valence-electron chi connectivity index (χ4n) is 4.19. The third-order valence-electron chi connectivity index (χ3n) is 6.18. The minimum absolute atomic E-state index is 0.0420. The highest BCUT2D eigenvalue weighted by atomic mass is 19.1. The molecule has 3 rings (SSSR count). The highest BCUT2D eigenvalue weighted by Gasteiger charge is 2.36. The van der Waals surface area contributed by atoms with Crippen LogP contribution in [-0.4, -0.2) is 64.2 Å². The molecular formula is C21H32FN3O3. The first-order valence-corrected chi connectivity index (χ1v) is 10.1. The van der Waals surface area contributed by atoms with Crippen LogP contribution in [0.4, 0.5) is 4.39 Å². The molecule has 0 amide bonds. The van der Waals surface area contributed by atoms with Crippen molar-refractivity contribution in [3.63, 3.8) is 0 Å². The van der Waals surface area contributed by atoms with Crippen molar-refractivity contribution in [2.24, 2.45) is 10.4 Å². The first-order valence-electron chi connectivity index (χ1n) is 10.1. The van der Waals surface area contributed by atoms with Gasteiger partial charge >= 0.3 is 0 Å². The molecule has 3 N–H and O–H groups in total. The minimum Gasteiger partial charge on any atom is -0.396 e. The second-order valence-corrected chi connectivity index (χ2v) is 7.96. The van der Waals surface area contributed by atoms with Crippen molar-refractivity contribution in [2.45, 2.75) is 31.1 Å². The number of aliphatic imine (C=N–C) groups is 1. The number of rotatable bonds is 7. The quantitative estimate of drug-likeness (QED) is 0.487. The third-order valence-corrected chi connectivity index (χ3v) is 6.18. The lowest BCUT2D eigenvalue weighted by Crippen LogP contribution is -2.50. The van der Waals surface area contributed by atoms with Gasteiger partial charge in [-0.05, 0) is 43.4 Å². The molecule has 1 atom stereocenters. The van der Waals surface area contributed by atoms with E-state index in [0.29, 0.717) is 39.3 Å². The standard InChI is InChI=1S/C21H32FN3O3/c1-23-19(24-14-20(6-10-26)7-11-28-16-20)25-15-21(8-12-27-13-9-21)17-2-4-18(22)5-3-17/h2-5,26H,6-16H2,1H3,(H2,23,24,25). The Bertz CT molecular complexity index is 639. The molecule has 28 heavy (non-hydrogen) atoms. The Kier molecular flexibility index (Phi) is 7.26. The molecule has 7 heteroatoms. The average molecular weight is 394 g/mol. The number of nitrogens with one attached hydrogen (secondary N) is 2. The maximum absolute atomic E-state index is 13.4. The number of nitrogens with zero attached hydrogens (tertiary/aromatic N) is 1. The van der Waals surface area contributed by atoms with Crippen LogP contribution in [0.3, 0.4) is 0 Å². The van der Waals surface area contributed by atoms with E-state index in [1.165, 1.54) is 12.1 Å². The van der Waals surface area contributed by atoms with Crippen LogP contribution in [0.1, 0.15) is 31.2 Å². The molecule has 2 heterocycles. The lowest BCUT2D eigenvalue weighted by Gasteiger charge is -2.38. The molecule has 2 aliphatic heterocycles. The first kappa shape index (κ1) is 21.0. The summed E-state index contributed by atoms with van der Waals surface area (Å²) in [5.41, 5.74) is 0.976. The van der Waals surface area contributed by atoms with E-state index < -0.39 is 0 Å². The zero-order valence-electron chi connectivity index (χ0n) is 16.7. The highest BCUT2D eigenvalue weighted by Crippen LogP contribution is 2.34. The van der Waals surface area contributed by atoms with Crippen molar-refractivity contribution in [2.75, 3.05) is 53.2 Å². The molecule has 1 unspecified atom stereocenters. The van der Waals surface area contributed by atoms with Crippen molar-refractivity contribution >= 4 is 5.96 Å². The van der Waals surface area contributed by atoms with Crippen molar-refractivity contribution in [1.29, 1.82) is 0 Å². The second kappa shape index (κ2) is 9.67. The van der Waals surface area contributed by atoms with Gasteiger partial charge in [0.05, 0.1) is 6.61 Å². The molecule has 0 spiro atoms. The fraction of sp³-hybridized carbons (Fsp3) is 0.667. The number of benzene rings is 1. The molecule has 0 bridgehead atoms. The molecular weight excluding hydrogens is 361 g/mol. The van der Waals surface area contributed by atoms with Crippen molar-refractivity contribution in [3.05, 3.63) is 35.6 Å². The second-order valence-electron chi connectivity index (χ2n) is 7.96. The Morgan fingerprint density at radius 2 is 1.75 bits per heavy atom. The molecule has 0 saturated carbocycles. The number of aliphatic hydroxyl groups excluding tert-OH is 1.